The van der Waals surface area contributed by atoms with Crippen LogP contribution in [-0.4, -0.2) is 10.1 Å². The summed E-state index contributed by atoms with van der Waals surface area (Å²) in [4.78, 5) is 3.92. The molecule has 0 atom stereocenters. The fourth-order valence-corrected chi connectivity index (χ4v) is 1.67. The van der Waals surface area contributed by atoms with Crippen LogP contribution in [0.1, 0.15) is 18.9 Å². The van der Waals surface area contributed by atoms with Crippen LogP contribution < -0.4 is 10.5 Å². The largest absolute Gasteiger partial charge is 0.504 e. The van der Waals surface area contributed by atoms with Gasteiger partial charge in [0.1, 0.15) is 11.6 Å². The van der Waals surface area contributed by atoms with Crippen LogP contribution in [-0.2, 0) is 6.42 Å². The Morgan fingerprint density at radius 2 is 2.11 bits per heavy atom. The molecule has 0 saturated carbocycles. The first-order valence-corrected chi connectivity index (χ1v) is 5.90. The molecule has 1 aromatic carbocycles. The minimum Gasteiger partial charge on any atom is -0.504 e. The predicted molar refractivity (Wildman–Crippen MR) is 70.8 cm³/mol. The van der Waals surface area contributed by atoms with Gasteiger partial charge in [0.2, 0.25) is 0 Å². The number of nitrogens with two attached hydrogens (primary N) is 1. The van der Waals surface area contributed by atoms with E-state index in [1.807, 2.05) is 6.07 Å². The van der Waals surface area contributed by atoms with Crippen molar-refractivity contribution in [2.75, 3.05) is 5.73 Å². The van der Waals surface area contributed by atoms with Gasteiger partial charge in [-0.15, -0.1) is 0 Å². The summed E-state index contributed by atoms with van der Waals surface area (Å²) in [5, 5.41) is 9.86. The van der Waals surface area contributed by atoms with Gasteiger partial charge in [-0.1, -0.05) is 19.4 Å². The number of nitrogens with zero attached hydrogens (tertiary/aromatic N) is 1. The van der Waals surface area contributed by atoms with Crippen molar-refractivity contribution in [2.45, 2.75) is 19.8 Å². The van der Waals surface area contributed by atoms with Gasteiger partial charge in [-0.3, -0.25) is 0 Å². The van der Waals surface area contributed by atoms with Gasteiger partial charge in [-0.05, 0) is 36.2 Å². The monoisotopic (exact) mass is 244 g/mol. The summed E-state index contributed by atoms with van der Waals surface area (Å²) in [5.74, 6) is 1.53. The van der Waals surface area contributed by atoms with E-state index in [4.69, 9.17) is 10.5 Å². The van der Waals surface area contributed by atoms with Crippen LogP contribution in [0, 0.1) is 0 Å². The number of ether oxygens (including phenoxy) is 1. The van der Waals surface area contributed by atoms with Crippen LogP contribution in [0.5, 0.6) is 17.2 Å². The van der Waals surface area contributed by atoms with Crippen LogP contribution in [0.15, 0.2) is 36.5 Å². The fraction of sp³-hybridized carbons (Fsp3) is 0.214. The number of hydrogen-bond donors (Lipinski definition) is 2. The van der Waals surface area contributed by atoms with Crippen molar-refractivity contribution in [3.8, 4) is 17.2 Å². The van der Waals surface area contributed by atoms with E-state index in [2.05, 4.69) is 11.9 Å². The molecule has 0 bridgehead atoms. The number of hydrogen-bond acceptors (Lipinski definition) is 4. The molecule has 0 aliphatic rings. The van der Waals surface area contributed by atoms with Gasteiger partial charge in [0.05, 0.1) is 6.20 Å². The smallest absolute Gasteiger partial charge is 0.169 e. The van der Waals surface area contributed by atoms with Crippen LogP contribution in [0.4, 0.5) is 5.82 Å². The normalized spacial score (nSPS) is 10.3. The molecule has 0 radical (unpaired) electrons. The number of phenols is 1. The zero-order chi connectivity index (χ0) is 13.0. The van der Waals surface area contributed by atoms with Crippen LogP contribution in [0.25, 0.3) is 0 Å². The quantitative estimate of drug-likeness (QED) is 0.867. The zero-order valence-corrected chi connectivity index (χ0v) is 10.3. The number of nitrogen functional groups attached to an aromatic ring is 1. The third-order valence-electron chi connectivity index (χ3n) is 2.55. The van der Waals surface area contributed by atoms with Gasteiger partial charge in [0.25, 0.3) is 0 Å². The number of pyridine rings is 1. The molecule has 0 unspecified atom stereocenters. The van der Waals surface area contributed by atoms with E-state index in [-0.39, 0.29) is 5.75 Å². The molecule has 1 aromatic heterocycles. The van der Waals surface area contributed by atoms with Crippen molar-refractivity contribution in [2.24, 2.45) is 0 Å². The highest BCUT2D eigenvalue weighted by atomic mass is 16.5. The second-order valence-corrected chi connectivity index (χ2v) is 4.07. The highest BCUT2D eigenvalue weighted by Gasteiger charge is 2.05. The van der Waals surface area contributed by atoms with E-state index in [0.29, 0.717) is 17.3 Å². The molecule has 4 nitrogen and oxygen atoms in total. The Morgan fingerprint density at radius 3 is 2.72 bits per heavy atom. The van der Waals surface area contributed by atoms with Gasteiger partial charge < -0.3 is 15.6 Å². The number of phenolic OH excluding ortho intramolecular Hbond substituents is 1. The highest BCUT2D eigenvalue weighted by Crippen LogP contribution is 2.31. The lowest BCUT2D eigenvalue weighted by molar-refractivity contribution is 0.410. The van der Waals surface area contributed by atoms with Crippen molar-refractivity contribution in [1.82, 2.24) is 4.98 Å². The summed E-state index contributed by atoms with van der Waals surface area (Å²) in [7, 11) is 0. The topological polar surface area (TPSA) is 68.4 Å². The van der Waals surface area contributed by atoms with E-state index >= 15 is 0 Å². The number of rotatable bonds is 4. The Morgan fingerprint density at radius 1 is 1.28 bits per heavy atom. The first-order chi connectivity index (χ1) is 8.69. The molecule has 4 heteroatoms. The highest BCUT2D eigenvalue weighted by molar-refractivity contribution is 5.44. The van der Waals surface area contributed by atoms with E-state index < -0.39 is 0 Å². The van der Waals surface area contributed by atoms with E-state index in [0.717, 1.165) is 18.4 Å². The maximum Gasteiger partial charge on any atom is 0.169 e. The molecule has 94 valence electrons. The van der Waals surface area contributed by atoms with Crippen molar-refractivity contribution in [3.05, 3.63) is 42.1 Å². The Balaban J connectivity index is 2.16. The Bertz CT molecular complexity index is 524. The molecule has 2 rings (SSSR count). The maximum atomic E-state index is 9.86. The van der Waals surface area contributed by atoms with Crippen molar-refractivity contribution in [3.63, 3.8) is 0 Å². The lowest BCUT2D eigenvalue weighted by Crippen LogP contribution is -1.91. The van der Waals surface area contributed by atoms with Crippen molar-refractivity contribution in [1.29, 1.82) is 0 Å². The second-order valence-electron chi connectivity index (χ2n) is 4.07. The Labute approximate surface area is 106 Å². The summed E-state index contributed by atoms with van der Waals surface area (Å²) in [6, 6.07) is 8.79. The van der Waals surface area contributed by atoms with Gasteiger partial charge in [0, 0.05) is 0 Å². The van der Waals surface area contributed by atoms with E-state index in [1.165, 1.54) is 6.20 Å². The number of aromatic hydroxyl groups is 1. The van der Waals surface area contributed by atoms with Crippen LogP contribution in [0.2, 0.25) is 0 Å². The molecule has 0 fully saturated rings. The summed E-state index contributed by atoms with van der Waals surface area (Å²) < 4.78 is 5.53. The minimum atomic E-state index is 0.137. The zero-order valence-electron chi connectivity index (χ0n) is 10.3. The van der Waals surface area contributed by atoms with Gasteiger partial charge in [-0.2, -0.15) is 0 Å². The van der Waals surface area contributed by atoms with Gasteiger partial charge in [-0.25, -0.2) is 4.98 Å². The summed E-state index contributed by atoms with van der Waals surface area (Å²) in [5.41, 5.74) is 6.58. The Kier molecular flexibility index (Phi) is 3.67. The van der Waals surface area contributed by atoms with Gasteiger partial charge in [0.15, 0.2) is 11.5 Å². The molecule has 1 heterocycles. The van der Waals surface area contributed by atoms with E-state index in [9.17, 15) is 5.11 Å². The summed E-state index contributed by atoms with van der Waals surface area (Å²) >= 11 is 0. The number of anilines is 1. The first kappa shape index (κ1) is 12.2. The molecule has 0 aliphatic carbocycles. The lowest BCUT2D eigenvalue weighted by Gasteiger charge is -2.08. The molecule has 0 saturated heterocycles. The molecular formula is C14H16N2O2. The molecule has 18 heavy (non-hydrogen) atoms. The number of benzene rings is 1. The first-order valence-electron chi connectivity index (χ1n) is 5.90. The third kappa shape index (κ3) is 2.91. The van der Waals surface area contributed by atoms with Crippen molar-refractivity contribution >= 4 is 5.82 Å². The molecular weight excluding hydrogens is 228 g/mol. The number of aryl methyl sites for hydroxylation is 1. The summed E-state index contributed by atoms with van der Waals surface area (Å²) in [6.45, 7) is 2.10. The van der Waals surface area contributed by atoms with E-state index in [1.54, 1.807) is 24.3 Å². The maximum absolute atomic E-state index is 9.86. The lowest BCUT2D eigenvalue weighted by atomic mass is 10.1. The standard InChI is InChI=1S/C14H16N2O2/c1-2-3-10-4-6-13(12(17)8-10)18-11-5-7-14(15)16-9-11/h4-9,17H,2-3H2,1H3,(H2,15,16). The Hall–Kier alpha value is -2.23. The van der Waals surface area contributed by atoms with Crippen LogP contribution >= 0.6 is 0 Å². The molecule has 0 aliphatic heterocycles. The number of aromatic nitrogens is 1. The predicted octanol–water partition coefficient (Wildman–Crippen LogP) is 3.11. The molecule has 3 N–H and O–H groups in total. The van der Waals surface area contributed by atoms with Crippen molar-refractivity contribution < 1.29 is 9.84 Å². The molecule has 0 spiro atoms. The average Bonchev–Trinajstić information content (AvgIpc) is 2.36. The SMILES string of the molecule is CCCc1ccc(Oc2ccc(N)nc2)c(O)c1. The third-order valence-corrected chi connectivity index (χ3v) is 2.55. The van der Waals surface area contributed by atoms with Gasteiger partial charge >= 0.3 is 0 Å². The average molecular weight is 244 g/mol. The molecule has 0 amide bonds. The minimum absolute atomic E-state index is 0.137. The fourth-order valence-electron chi connectivity index (χ4n) is 1.67. The second kappa shape index (κ2) is 5.40. The summed E-state index contributed by atoms with van der Waals surface area (Å²) in [6.07, 6.45) is 3.51. The van der Waals surface area contributed by atoms with Crippen LogP contribution in [0.3, 0.4) is 0 Å². The molecule has 2 aromatic rings.